The van der Waals surface area contributed by atoms with Gasteiger partial charge in [-0.25, -0.2) is 9.59 Å². The number of nitrogens with zero attached hydrogens (tertiary/aromatic N) is 5. The van der Waals surface area contributed by atoms with Crippen LogP contribution < -0.4 is 0 Å². The Balaban J connectivity index is 1.74. The maximum atomic E-state index is 12.4. The van der Waals surface area contributed by atoms with Crippen molar-refractivity contribution in [3.63, 3.8) is 0 Å². The van der Waals surface area contributed by atoms with E-state index < -0.39 is 23.2 Å². The van der Waals surface area contributed by atoms with Crippen molar-refractivity contribution in [2.75, 3.05) is 6.54 Å². The van der Waals surface area contributed by atoms with Gasteiger partial charge in [0.15, 0.2) is 0 Å². The number of non-ortho nitro benzene ring substituents is 1. The lowest BCUT2D eigenvalue weighted by molar-refractivity contribution is -0.384. The van der Waals surface area contributed by atoms with Gasteiger partial charge in [0.2, 0.25) is 0 Å². The van der Waals surface area contributed by atoms with E-state index in [2.05, 4.69) is 10.3 Å². The first-order valence-electron chi connectivity index (χ1n) is 8.12. The minimum atomic E-state index is -1.50. The fourth-order valence-electron chi connectivity index (χ4n) is 2.51. The highest BCUT2D eigenvalue weighted by Gasteiger charge is 2.34. The second kappa shape index (κ2) is 8.12. The molecule has 2 amide bonds. The number of benzene rings is 2. The molecule has 0 radical (unpaired) electrons. The number of carbonyl (C=O) groups excluding carboxylic acids is 1. The minimum absolute atomic E-state index is 0.0387. The van der Waals surface area contributed by atoms with Crippen molar-refractivity contribution in [3.05, 3.63) is 75.8 Å². The van der Waals surface area contributed by atoms with E-state index >= 15 is 0 Å². The van der Waals surface area contributed by atoms with Gasteiger partial charge >= 0.3 is 12.2 Å². The first-order valence-corrected chi connectivity index (χ1v) is 8.12. The lowest BCUT2D eigenvalue weighted by atomic mass is 10.1. The van der Waals surface area contributed by atoms with Crippen molar-refractivity contribution < 1.29 is 24.4 Å². The molecule has 11 nitrogen and oxygen atoms in total. The molecule has 0 aliphatic carbocycles. The topological polar surface area (TPSA) is 138 Å². The van der Waals surface area contributed by atoms with Gasteiger partial charge in [-0.1, -0.05) is 35.4 Å². The third-order valence-corrected chi connectivity index (χ3v) is 3.93. The number of nitro benzene ring substituents is 1. The van der Waals surface area contributed by atoms with E-state index in [4.69, 9.17) is 4.74 Å². The SMILES string of the molecule is O=C(OCc1ccccc1)N1CC(c2ccc([N+](=O)[O-])cc2)N=NN1C(=O)O. The number of nitro groups is 1. The molecule has 11 heteroatoms. The molecule has 0 spiro atoms. The zero-order valence-corrected chi connectivity index (χ0v) is 14.4. The van der Waals surface area contributed by atoms with Gasteiger partial charge < -0.3 is 9.84 Å². The Morgan fingerprint density at radius 2 is 1.86 bits per heavy atom. The zero-order chi connectivity index (χ0) is 20.1. The quantitative estimate of drug-likeness (QED) is 0.631. The average molecular weight is 385 g/mol. The average Bonchev–Trinajstić information content (AvgIpc) is 2.72. The monoisotopic (exact) mass is 385 g/mol. The number of hydrazine groups is 1. The maximum absolute atomic E-state index is 12.4. The Kier molecular flexibility index (Phi) is 5.44. The molecule has 1 aliphatic rings. The van der Waals surface area contributed by atoms with Crippen LogP contribution in [0, 0.1) is 10.1 Å². The molecule has 1 N–H and O–H groups in total. The summed E-state index contributed by atoms with van der Waals surface area (Å²) in [5.41, 5.74) is 1.19. The van der Waals surface area contributed by atoms with E-state index in [-0.39, 0.29) is 18.8 Å². The van der Waals surface area contributed by atoms with Crippen LogP contribution in [0.2, 0.25) is 0 Å². The van der Waals surface area contributed by atoms with Crippen molar-refractivity contribution in [1.82, 2.24) is 10.1 Å². The third-order valence-electron chi connectivity index (χ3n) is 3.93. The highest BCUT2D eigenvalue weighted by atomic mass is 16.6. The van der Waals surface area contributed by atoms with E-state index in [0.29, 0.717) is 10.7 Å². The predicted octanol–water partition coefficient (Wildman–Crippen LogP) is 3.55. The Morgan fingerprint density at radius 3 is 2.46 bits per heavy atom. The number of rotatable bonds is 4. The van der Waals surface area contributed by atoms with Gasteiger partial charge in [-0.3, -0.25) is 10.1 Å². The van der Waals surface area contributed by atoms with Gasteiger partial charge in [-0.2, -0.15) is 10.1 Å². The molecule has 0 bridgehead atoms. The molecule has 2 aromatic carbocycles. The van der Waals surface area contributed by atoms with E-state index in [9.17, 15) is 24.8 Å². The molecule has 0 fully saturated rings. The molecule has 1 aliphatic heterocycles. The van der Waals surface area contributed by atoms with Gasteiger partial charge in [-0.15, -0.1) is 0 Å². The van der Waals surface area contributed by atoms with Gasteiger partial charge in [-0.05, 0) is 28.5 Å². The maximum Gasteiger partial charge on any atom is 0.449 e. The van der Waals surface area contributed by atoms with Gasteiger partial charge in [0.1, 0.15) is 12.6 Å². The van der Waals surface area contributed by atoms with Crippen molar-refractivity contribution in [2.24, 2.45) is 10.3 Å². The van der Waals surface area contributed by atoms with Crippen LogP contribution in [0.15, 0.2) is 64.9 Å². The number of hydrogen-bond acceptors (Lipinski definition) is 7. The summed E-state index contributed by atoms with van der Waals surface area (Å²) >= 11 is 0. The normalized spacial score (nSPS) is 15.9. The van der Waals surface area contributed by atoms with Gasteiger partial charge in [0.05, 0.1) is 11.5 Å². The third kappa shape index (κ3) is 4.20. The molecular formula is C17H15N5O6. The predicted molar refractivity (Wildman–Crippen MR) is 93.9 cm³/mol. The van der Waals surface area contributed by atoms with E-state index in [1.54, 1.807) is 24.3 Å². The number of carbonyl (C=O) groups is 2. The Hall–Kier alpha value is -4.02. The van der Waals surface area contributed by atoms with Crippen LogP contribution in [0.5, 0.6) is 0 Å². The Bertz CT molecular complexity index is 902. The van der Waals surface area contributed by atoms with Crippen LogP contribution in [-0.4, -0.2) is 38.9 Å². The Labute approximate surface area is 158 Å². The molecule has 2 aromatic rings. The molecule has 0 saturated carbocycles. The second-order valence-corrected chi connectivity index (χ2v) is 5.76. The molecule has 1 heterocycles. The molecule has 28 heavy (non-hydrogen) atoms. The molecular weight excluding hydrogens is 370 g/mol. The summed E-state index contributed by atoms with van der Waals surface area (Å²) in [7, 11) is 0. The van der Waals surface area contributed by atoms with Crippen LogP contribution >= 0.6 is 0 Å². The van der Waals surface area contributed by atoms with Crippen molar-refractivity contribution in [3.8, 4) is 0 Å². The standard InChI is InChI=1S/C17H15N5O6/c23-16(24)21-19-18-15(13-6-8-14(9-7-13)22(26)27)10-20(21)17(25)28-11-12-4-2-1-3-5-12/h1-9,15H,10-11H2,(H,23,24). The summed E-state index contributed by atoms with van der Waals surface area (Å²) in [6, 6.07) is 13.8. The minimum Gasteiger partial charge on any atom is -0.462 e. The first-order chi connectivity index (χ1) is 13.5. The van der Waals surface area contributed by atoms with Crippen LogP contribution in [0.4, 0.5) is 15.3 Å². The van der Waals surface area contributed by atoms with Crippen LogP contribution in [-0.2, 0) is 11.3 Å². The summed E-state index contributed by atoms with van der Waals surface area (Å²) in [5, 5.41) is 28.6. The highest BCUT2D eigenvalue weighted by molar-refractivity contribution is 5.73. The first kappa shape index (κ1) is 18.8. The second-order valence-electron chi connectivity index (χ2n) is 5.76. The molecule has 0 saturated heterocycles. The van der Waals surface area contributed by atoms with Gasteiger partial charge in [0, 0.05) is 12.1 Å². The fraction of sp³-hybridized carbons (Fsp3) is 0.176. The summed E-state index contributed by atoms with van der Waals surface area (Å²) in [6.45, 7) is -0.190. The van der Waals surface area contributed by atoms with E-state index in [1.807, 2.05) is 6.07 Å². The van der Waals surface area contributed by atoms with Crippen LogP contribution in [0.1, 0.15) is 17.2 Å². The lowest BCUT2D eigenvalue weighted by Gasteiger charge is -2.32. The van der Waals surface area contributed by atoms with Crippen molar-refractivity contribution in [1.29, 1.82) is 0 Å². The molecule has 1 unspecified atom stereocenters. The molecule has 1 atom stereocenters. The van der Waals surface area contributed by atoms with Crippen molar-refractivity contribution in [2.45, 2.75) is 12.6 Å². The molecule has 144 valence electrons. The van der Waals surface area contributed by atoms with Crippen LogP contribution in [0.3, 0.4) is 0 Å². The highest BCUT2D eigenvalue weighted by Crippen LogP contribution is 2.27. The summed E-state index contributed by atoms with van der Waals surface area (Å²) < 4.78 is 5.17. The van der Waals surface area contributed by atoms with Crippen LogP contribution in [0.25, 0.3) is 0 Å². The van der Waals surface area contributed by atoms with Crippen molar-refractivity contribution >= 4 is 17.9 Å². The molecule has 3 rings (SSSR count). The van der Waals surface area contributed by atoms with E-state index in [1.165, 1.54) is 24.3 Å². The number of carboxylic acid groups (broad SMARTS) is 1. The summed E-state index contributed by atoms with van der Waals surface area (Å²) in [6.07, 6.45) is -2.40. The number of ether oxygens (including phenoxy) is 1. The van der Waals surface area contributed by atoms with E-state index in [0.717, 1.165) is 10.6 Å². The zero-order valence-electron chi connectivity index (χ0n) is 14.4. The smallest absolute Gasteiger partial charge is 0.449 e. The number of amides is 2. The number of hydrogen-bond donors (Lipinski definition) is 1. The van der Waals surface area contributed by atoms with Gasteiger partial charge in [0.25, 0.3) is 5.69 Å². The fourth-order valence-corrected chi connectivity index (χ4v) is 2.51. The Morgan fingerprint density at radius 1 is 1.18 bits per heavy atom. The summed E-state index contributed by atoms with van der Waals surface area (Å²) in [4.78, 5) is 34.0. The largest absolute Gasteiger partial charge is 0.462 e. The molecule has 0 aromatic heterocycles. The lowest BCUT2D eigenvalue weighted by Crippen LogP contribution is -2.49. The summed E-state index contributed by atoms with van der Waals surface area (Å²) in [5.74, 6) is 0.